The molecule has 18 heavy (non-hydrogen) atoms. The lowest BCUT2D eigenvalue weighted by Crippen LogP contribution is -2.46. The van der Waals surface area contributed by atoms with Gasteiger partial charge in [0.15, 0.2) is 0 Å². The van der Waals surface area contributed by atoms with E-state index in [4.69, 9.17) is 15.3 Å². The van der Waals surface area contributed by atoms with Crippen molar-refractivity contribution in [2.45, 2.75) is 26.2 Å². The fourth-order valence-electron chi connectivity index (χ4n) is 1.50. The summed E-state index contributed by atoms with van der Waals surface area (Å²) in [6.07, 6.45) is 3.14. The summed E-state index contributed by atoms with van der Waals surface area (Å²) in [6.45, 7) is 5.95. The van der Waals surface area contributed by atoms with Crippen LogP contribution in [0.3, 0.4) is 0 Å². The first-order valence-corrected chi connectivity index (χ1v) is 6.54. The predicted octanol–water partition coefficient (Wildman–Crippen LogP) is 0.591. The Kier molecular flexibility index (Phi) is 12.0. The number of nitrogens with two attached hydrogens (primary N) is 1. The number of hydrazine groups is 1. The number of guanidine groups is 1. The van der Waals surface area contributed by atoms with Crippen molar-refractivity contribution in [1.82, 2.24) is 10.3 Å². The fraction of sp³-hybridized carbons (Fsp3) is 0.917. The van der Waals surface area contributed by atoms with Crippen LogP contribution in [0.2, 0.25) is 0 Å². The minimum absolute atomic E-state index is 0.654. The number of nitrogens with one attached hydrogen (secondary N) is 1. The molecule has 0 rings (SSSR count). The van der Waals surface area contributed by atoms with E-state index in [2.05, 4.69) is 22.2 Å². The van der Waals surface area contributed by atoms with Crippen LogP contribution in [0.1, 0.15) is 26.2 Å². The quantitative estimate of drug-likeness (QED) is 0.198. The number of nitrogens with zero attached hydrogens (tertiary/aromatic N) is 2. The average molecular weight is 260 g/mol. The molecular weight excluding hydrogens is 232 g/mol. The third-order valence-electron chi connectivity index (χ3n) is 2.54. The summed E-state index contributed by atoms with van der Waals surface area (Å²) in [4.78, 5) is 6.57. The Morgan fingerprint density at radius 2 is 1.89 bits per heavy atom. The summed E-state index contributed by atoms with van der Waals surface area (Å²) in [5.41, 5.74) is 2.68. The van der Waals surface area contributed by atoms with E-state index < -0.39 is 0 Å². The number of ether oxygens (including phenoxy) is 2. The molecule has 6 heteroatoms. The first-order valence-electron chi connectivity index (χ1n) is 6.54. The minimum Gasteiger partial charge on any atom is -0.385 e. The molecule has 0 aromatic rings. The van der Waals surface area contributed by atoms with Crippen molar-refractivity contribution in [3.05, 3.63) is 0 Å². The van der Waals surface area contributed by atoms with Crippen molar-refractivity contribution in [3.63, 3.8) is 0 Å². The van der Waals surface area contributed by atoms with E-state index in [9.17, 15) is 0 Å². The molecule has 0 spiro atoms. The molecule has 0 fully saturated rings. The van der Waals surface area contributed by atoms with Crippen molar-refractivity contribution in [2.24, 2.45) is 10.8 Å². The number of hydrogen-bond donors (Lipinski definition) is 2. The van der Waals surface area contributed by atoms with Gasteiger partial charge in [0.05, 0.1) is 6.61 Å². The van der Waals surface area contributed by atoms with E-state index in [-0.39, 0.29) is 0 Å². The second kappa shape index (κ2) is 12.6. The third-order valence-corrected chi connectivity index (χ3v) is 2.54. The van der Waals surface area contributed by atoms with Gasteiger partial charge in [-0.3, -0.25) is 10.4 Å². The normalized spacial score (nSPS) is 11.7. The van der Waals surface area contributed by atoms with Crippen molar-refractivity contribution in [2.75, 3.05) is 47.1 Å². The van der Waals surface area contributed by atoms with Gasteiger partial charge < -0.3 is 14.4 Å². The molecular formula is C12H28N4O2. The van der Waals surface area contributed by atoms with Gasteiger partial charge >= 0.3 is 0 Å². The standard InChI is InChI=1S/C12H28N4O2/c1-4-5-7-14-12(15-13)16(9-11-18-3)8-6-10-17-2/h4-11,13H2,1-3H3,(H,14,15). The maximum Gasteiger partial charge on any atom is 0.208 e. The average Bonchev–Trinajstić information content (AvgIpc) is 2.39. The van der Waals surface area contributed by atoms with Crippen LogP contribution in [0.4, 0.5) is 0 Å². The first-order chi connectivity index (χ1) is 8.79. The molecule has 108 valence electrons. The van der Waals surface area contributed by atoms with E-state index in [0.29, 0.717) is 6.61 Å². The highest BCUT2D eigenvalue weighted by Crippen LogP contribution is 1.96. The molecule has 0 unspecified atom stereocenters. The van der Waals surface area contributed by atoms with Crippen LogP contribution >= 0.6 is 0 Å². The zero-order valence-electron chi connectivity index (χ0n) is 11.9. The molecule has 0 heterocycles. The molecule has 0 radical (unpaired) electrons. The molecule has 0 amide bonds. The van der Waals surface area contributed by atoms with Gasteiger partial charge in [0, 0.05) is 40.5 Å². The monoisotopic (exact) mass is 260 g/mol. The van der Waals surface area contributed by atoms with Crippen LogP contribution in [0.15, 0.2) is 4.99 Å². The van der Waals surface area contributed by atoms with Crippen molar-refractivity contribution in [1.29, 1.82) is 0 Å². The minimum atomic E-state index is 0.654. The van der Waals surface area contributed by atoms with Gasteiger partial charge in [0.2, 0.25) is 5.96 Å². The van der Waals surface area contributed by atoms with Crippen LogP contribution in [0.5, 0.6) is 0 Å². The van der Waals surface area contributed by atoms with Crippen molar-refractivity contribution in [3.8, 4) is 0 Å². The van der Waals surface area contributed by atoms with Crippen LogP contribution in [-0.4, -0.2) is 57.9 Å². The number of aliphatic imine (C=N–C) groups is 1. The van der Waals surface area contributed by atoms with Gasteiger partial charge in [-0.05, 0) is 12.8 Å². The second-order valence-electron chi connectivity index (χ2n) is 4.03. The van der Waals surface area contributed by atoms with Gasteiger partial charge in [0.1, 0.15) is 0 Å². The molecule has 6 nitrogen and oxygen atoms in total. The van der Waals surface area contributed by atoms with Crippen LogP contribution in [0.25, 0.3) is 0 Å². The predicted molar refractivity (Wildman–Crippen MR) is 74.5 cm³/mol. The smallest absolute Gasteiger partial charge is 0.208 e. The van der Waals surface area contributed by atoms with E-state index >= 15 is 0 Å². The Morgan fingerprint density at radius 1 is 1.17 bits per heavy atom. The Hall–Kier alpha value is -0.850. The molecule has 0 aromatic heterocycles. The summed E-state index contributed by atoms with van der Waals surface area (Å²) < 4.78 is 10.2. The Labute approximate surface area is 110 Å². The number of methoxy groups -OCH3 is 2. The van der Waals surface area contributed by atoms with Gasteiger partial charge in [-0.1, -0.05) is 13.3 Å². The van der Waals surface area contributed by atoms with Crippen LogP contribution < -0.4 is 11.3 Å². The summed E-state index contributed by atoms with van der Waals surface area (Å²) in [5, 5.41) is 0. The van der Waals surface area contributed by atoms with Gasteiger partial charge in [-0.15, -0.1) is 0 Å². The van der Waals surface area contributed by atoms with Gasteiger partial charge in [-0.25, -0.2) is 5.84 Å². The molecule has 3 N–H and O–H groups in total. The lowest BCUT2D eigenvalue weighted by atomic mass is 10.3. The summed E-state index contributed by atoms with van der Waals surface area (Å²) >= 11 is 0. The van der Waals surface area contributed by atoms with Gasteiger partial charge in [-0.2, -0.15) is 0 Å². The summed E-state index contributed by atoms with van der Waals surface area (Å²) in [7, 11) is 3.40. The second-order valence-corrected chi connectivity index (χ2v) is 4.03. The van der Waals surface area contributed by atoms with Crippen LogP contribution in [-0.2, 0) is 9.47 Å². The SMILES string of the molecule is CCCCN=C(NN)N(CCCOC)CCOC. The summed E-state index contributed by atoms with van der Waals surface area (Å²) in [5.74, 6) is 6.27. The fourth-order valence-corrected chi connectivity index (χ4v) is 1.50. The number of unbranched alkanes of at least 4 members (excludes halogenated alkanes) is 1. The highest BCUT2D eigenvalue weighted by atomic mass is 16.5. The highest BCUT2D eigenvalue weighted by molar-refractivity contribution is 5.79. The molecule has 0 atom stereocenters. The lowest BCUT2D eigenvalue weighted by Gasteiger charge is -2.25. The Morgan fingerprint density at radius 3 is 2.44 bits per heavy atom. The molecule has 0 aromatic carbocycles. The molecule has 0 aliphatic carbocycles. The zero-order valence-corrected chi connectivity index (χ0v) is 11.9. The lowest BCUT2D eigenvalue weighted by molar-refractivity contribution is 0.159. The number of rotatable bonds is 10. The topological polar surface area (TPSA) is 72.1 Å². The first kappa shape index (κ1) is 17.2. The molecule has 0 saturated carbocycles. The summed E-state index contributed by atoms with van der Waals surface area (Å²) in [6, 6.07) is 0. The third kappa shape index (κ3) is 8.27. The van der Waals surface area contributed by atoms with Crippen molar-refractivity contribution >= 4 is 5.96 Å². The van der Waals surface area contributed by atoms with E-state index in [1.807, 2.05) is 0 Å². The Bertz CT molecular complexity index is 212. The molecule has 0 aliphatic rings. The van der Waals surface area contributed by atoms with Gasteiger partial charge in [0.25, 0.3) is 0 Å². The molecule has 0 aliphatic heterocycles. The van der Waals surface area contributed by atoms with E-state index in [0.717, 1.165) is 51.5 Å². The van der Waals surface area contributed by atoms with E-state index in [1.165, 1.54) is 0 Å². The largest absolute Gasteiger partial charge is 0.385 e. The van der Waals surface area contributed by atoms with E-state index in [1.54, 1.807) is 14.2 Å². The number of hydrogen-bond acceptors (Lipinski definition) is 4. The zero-order chi connectivity index (χ0) is 13.6. The Balaban J connectivity index is 4.30. The maximum atomic E-state index is 5.54. The highest BCUT2D eigenvalue weighted by Gasteiger charge is 2.09. The van der Waals surface area contributed by atoms with Crippen molar-refractivity contribution < 1.29 is 9.47 Å². The molecule has 0 bridgehead atoms. The molecule has 0 saturated heterocycles. The maximum absolute atomic E-state index is 5.54. The van der Waals surface area contributed by atoms with Crippen LogP contribution in [0, 0.1) is 0 Å².